The predicted molar refractivity (Wildman–Crippen MR) is 114 cm³/mol. The Hall–Kier alpha value is -3.37. The Morgan fingerprint density at radius 2 is 1.71 bits per heavy atom. The Labute approximate surface area is 211 Å². The van der Waals surface area contributed by atoms with Crippen molar-refractivity contribution in [2.75, 3.05) is 13.7 Å². The van der Waals surface area contributed by atoms with Crippen molar-refractivity contribution in [2.24, 2.45) is 0 Å². The summed E-state index contributed by atoms with van der Waals surface area (Å²) in [4.78, 5) is 23.0. The number of rotatable bonds is 6. The summed E-state index contributed by atoms with van der Waals surface area (Å²) >= 11 is 0. The SMILES string of the molecule is COC(=O)C1(c2cc(Oc3ccc(C(F)(F)F)cc3C)cc(C(=O)O)c2S(=O)(=O)C(F)(F)F)CCCN1O. The number of hydrogen-bond donors (Lipinski definition) is 2. The van der Waals surface area contributed by atoms with Gasteiger partial charge in [-0.1, -0.05) is 0 Å². The molecule has 1 unspecified atom stereocenters. The number of alkyl halides is 6. The zero-order valence-corrected chi connectivity index (χ0v) is 20.3. The highest BCUT2D eigenvalue weighted by molar-refractivity contribution is 7.92. The molecule has 16 heteroatoms. The number of carboxylic acids is 1. The minimum Gasteiger partial charge on any atom is -0.478 e. The van der Waals surface area contributed by atoms with Crippen molar-refractivity contribution >= 4 is 21.8 Å². The van der Waals surface area contributed by atoms with Gasteiger partial charge >= 0.3 is 23.6 Å². The first-order valence-corrected chi connectivity index (χ1v) is 12.0. The van der Waals surface area contributed by atoms with Gasteiger partial charge in [-0.3, -0.25) is 0 Å². The number of nitrogens with zero attached hydrogens (tertiary/aromatic N) is 1. The fraction of sp³-hybridized carbons (Fsp3) is 0.364. The summed E-state index contributed by atoms with van der Waals surface area (Å²) in [5, 5.41) is 20.4. The fourth-order valence-electron chi connectivity index (χ4n) is 4.16. The third-order valence-corrected chi connectivity index (χ3v) is 7.50. The number of sulfone groups is 1. The molecule has 1 heterocycles. The number of aryl methyl sites for hydroxylation is 1. The number of carbonyl (C=O) groups is 2. The highest BCUT2D eigenvalue weighted by Gasteiger charge is 2.57. The van der Waals surface area contributed by atoms with Crippen molar-refractivity contribution in [1.29, 1.82) is 0 Å². The predicted octanol–water partition coefficient (Wildman–Crippen LogP) is 4.65. The van der Waals surface area contributed by atoms with Crippen LogP contribution >= 0.6 is 0 Å². The summed E-state index contributed by atoms with van der Waals surface area (Å²) in [6.45, 7) is 0.876. The summed E-state index contributed by atoms with van der Waals surface area (Å²) in [7, 11) is -5.63. The van der Waals surface area contributed by atoms with Gasteiger partial charge in [0.05, 0.1) is 23.1 Å². The molecule has 2 aromatic carbocycles. The largest absolute Gasteiger partial charge is 0.501 e. The fourth-order valence-corrected chi connectivity index (χ4v) is 5.35. The van der Waals surface area contributed by atoms with E-state index >= 15 is 0 Å². The van der Waals surface area contributed by atoms with Crippen LogP contribution in [0.2, 0.25) is 0 Å². The van der Waals surface area contributed by atoms with Gasteiger partial charge in [-0.2, -0.15) is 31.4 Å². The van der Waals surface area contributed by atoms with Crippen molar-refractivity contribution in [3.05, 3.63) is 52.6 Å². The van der Waals surface area contributed by atoms with Crippen LogP contribution in [0.5, 0.6) is 11.5 Å². The van der Waals surface area contributed by atoms with Crippen LogP contribution in [0.15, 0.2) is 35.2 Å². The molecular formula is C22H19F6NO8S. The molecule has 0 amide bonds. The number of esters is 1. The van der Waals surface area contributed by atoms with E-state index in [2.05, 4.69) is 4.74 Å². The van der Waals surface area contributed by atoms with Crippen LogP contribution in [-0.2, 0) is 31.1 Å². The van der Waals surface area contributed by atoms with Crippen molar-refractivity contribution in [1.82, 2.24) is 5.06 Å². The quantitative estimate of drug-likeness (QED) is 0.376. The number of ether oxygens (including phenoxy) is 2. The van der Waals surface area contributed by atoms with E-state index in [9.17, 15) is 54.7 Å². The lowest BCUT2D eigenvalue weighted by molar-refractivity contribution is -0.190. The number of carboxylic acid groups (broad SMARTS) is 1. The van der Waals surface area contributed by atoms with Gasteiger partial charge in [-0.15, -0.1) is 0 Å². The molecule has 0 saturated carbocycles. The lowest BCUT2D eigenvalue weighted by atomic mass is 9.86. The number of hydroxylamine groups is 2. The Kier molecular flexibility index (Phi) is 7.48. The molecule has 2 aromatic rings. The zero-order chi connectivity index (χ0) is 28.8. The second kappa shape index (κ2) is 9.74. The molecule has 1 aliphatic heterocycles. The molecule has 1 aliphatic rings. The van der Waals surface area contributed by atoms with Crippen molar-refractivity contribution in [3.8, 4) is 11.5 Å². The average Bonchev–Trinajstić information content (AvgIpc) is 3.19. The molecule has 9 nitrogen and oxygen atoms in total. The highest BCUT2D eigenvalue weighted by atomic mass is 32.2. The van der Waals surface area contributed by atoms with E-state index in [4.69, 9.17) is 4.74 Å². The summed E-state index contributed by atoms with van der Waals surface area (Å²) in [6, 6.07) is 3.21. The second-order valence-electron chi connectivity index (χ2n) is 8.26. The second-order valence-corrected chi connectivity index (χ2v) is 10.1. The molecule has 0 spiro atoms. The van der Waals surface area contributed by atoms with Crippen LogP contribution in [0.25, 0.3) is 0 Å². The lowest BCUT2D eigenvalue weighted by Crippen LogP contribution is -2.48. The van der Waals surface area contributed by atoms with Crippen LogP contribution in [0, 0.1) is 6.92 Å². The third-order valence-electron chi connectivity index (χ3n) is 5.91. The normalized spacial score (nSPS) is 18.9. The van der Waals surface area contributed by atoms with Gasteiger partial charge in [0.25, 0.3) is 9.84 Å². The maximum atomic E-state index is 13.7. The minimum atomic E-state index is -6.45. The molecule has 38 heavy (non-hydrogen) atoms. The maximum absolute atomic E-state index is 13.7. The molecular weight excluding hydrogens is 552 g/mol. The Bertz CT molecular complexity index is 1390. The van der Waals surface area contributed by atoms with Gasteiger partial charge < -0.3 is 19.8 Å². The molecule has 0 radical (unpaired) electrons. The standard InChI is InChI=1S/C22H19F6NO8S/c1-11-8-12(21(23,24)25)4-5-16(11)37-13-9-14(18(30)31)17(38(34,35)22(26,27)28)15(10-13)20(19(32)36-2)6-3-7-29(20)33/h4-5,8-10,33H,3,6-7H2,1-2H3,(H,30,31). The summed E-state index contributed by atoms with van der Waals surface area (Å²) in [5.74, 6) is -4.47. The molecule has 1 atom stereocenters. The number of carbonyl (C=O) groups excluding carboxylic acids is 1. The first kappa shape index (κ1) is 29.2. The molecule has 0 aromatic heterocycles. The smallest absolute Gasteiger partial charge is 0.478 e. The first-order chi connectivity index (χ1) is 17.4. The van der Waals surface area contributed by atoms with Crippen LogP contribution in [0.3, 0.4) is 0 Å². The Morgan fingerprint density at radius 1 is 1.08 bits per heavy atom. The van der Waals surface area contributed by atoms with Gasteiger partial charge in [0, 0.05) is 12.1 Å². The van der Waals surface area contributed by atoms with Crippen LogP contribution in [-0.4, -0.2) is 54.9 Å². The summed E-state index contributed by atoms with van der Waals surface area (Å²) < 4.78 is 115. The van der Waals surface area contributed by atoms with E-state index in [-0.39, 0.29) is 29.3 Å². The average molecular weight is 571 g/mol. The molecule has 208 valence electrons. The summed E-state index contributed by atoms with van der Waals surface area (Å²) in [5.41, 5.74) is -12.3. The lowest BCUT2D eigenvalue weighted by Gasteiger charge is -2.34. The minimum absolute atomic E-state index is 0.0391. The van der Waals surface area contributed by atoms with Gasteiger partial charge in [0.15, 0.2) is 5.54 Å². The number of halogens is 6. The number of benzene rings is 2. The van der Waals surface area contributed by atoms with Crippen molar-refractivity contribution < 1.29 is 64.1 Å². The Balaban J connectivity index is 2.38. The van der Waals surface area contributed by atoms with E-state index in [0.717, 1.165) is 13.2 Å². The van der Waals surface area contributed by atoms with E-state index in [0.29, 0.717) is 24.3 Å². The molecule has 2 N–H and O–H groups in total. The number of methoxy groups -OCH3 is 1. The van der Waals surface area contributed by atoms with Gasteiger partial charge in [0.2, 0.25) is 0 Å². The maximum Gasteiger partial charge on any atom is 0.501 e. The molecule has 1 fully saturated rings. The molecule has 0 bridgehead atoms. The molecule has 3 rings (SSSR count). The first-order valence-electron chi connectivity index (χ1n) is 10.5. The summed E-state index contributed by atoms with van der Waals surface area (Å²) in [6.07, 6.45) is -5.22. The van der Waals surface area contributed by atoms with Crippen LogP contribution < -0.4 is 4.74 Å². The highest BCUT2D eigenvalue weighted by Crippen LogP contribution is 2.47. The van der Waals surface area contributed by atoms with Gasteiger partial charge in [-0.05, 0) is 55.7 Å². The third kappa shape index (κ3) is 4.90. The monoisotopic (exact) mass is 571 g/mol. The van der Waals surface area contributed by atoms with E-state index < -0.39 is 72.8 Å². The van der Waals surface area contributed by atoms with Crippen molar-refractivity contribution in [2.45, 2.75) is 41.9 Å². The number of hydrogen-bond acceptors (Lipinski definition) is 8. The van der Waals surface area contributed by atoms with Gasteiger partial charge in [-0.25, -0.2) is 18.0 Å². The van der Waals surface area contributed by atoms with Gasteiger partial charge in [0.1, 0.15) is 11.5 Å². The van der Waals surface area contributed by atoms with Crippen LogP contribution in [0.1, 0.15) is 39.9 Å². The van der Waals surface area contributed by atoms with Crippen molar-refractivity contribution in [3.63, 3.8) is 0 Å². The van der Waals surface area contributed by atoms with Crippen LogP contribution in [0.4, 0.5) is 26.3 Å². The number of aromatic carboxylic acids is 1. The molecule has 1 saturated heterocycles. The Morgan fingerprint density at radius 3 is 2.16 bits per heavy atom. The van der Waals surface area contributed by atoms with E-state index in [1.807, 2.05) is 0 Å². The van der Waals surface area contributed by atoms with E-state index in [1.165, 1.54) is 6.92 Å². The van der Waals surface area contributed by atoms with E-state index in [1.54, 1.807) is 0 Å². The zero-order valence-electron chi connectivity index (χ0n) is 19.5. The molecule has 0 aliphatic carbocycles. The topological polar surface area (TPSA) is 130 Å².